The second-order valence-corrected chi connectivity index (χ2v) is 7.99. The minimum absolute atomic E-state index is 0.301. The monoisotopic (exact) mass is 304 g/mol. The minimum atomic E-state index is -3.43. The normalized spacial score (nSPS) is 18.2. The Morgan fingerprint density at radius 1 is 1.47 bits per heavy atom. The van der Waals surface area contributed by atoms with Crippen LogP contribution < -0.4 is 10.5 Å². The lowest BCUT2D eigenvalue weighted by Crippen LogP contribution is -2.49. The van der Waals surface area contributed by atoms with Crippen molar-refractivity contribution in [3.05, 3.63) is 17.0 Å². The number of methoxy groups -OCH3 is 1. The van der Waals surface area contributed by atoms with Crippen molar-refractivity contribution in [3.63, 3.8) is 0 Å². The predicted molar refractivity (Wildman–Crippen MR) is 75.9 cm³/mol. The van der Waals surface area contributed by atoms with Gasteiger partial charge in [0.25, 0.3) is 0 Å². The lowest BCUT2D eigenvalue weighted by atomic mass is 9.80. The Hall–Kier alpha value is -0.470. The van der Waals surface area contributed by atoms with Crippen molar-refractivity contribution in [1.82, 2.24) is 4.72 Å². The Labute approximate surface area is 118 Å². The van der Waals surface area contributed by atoms with E-state index in [2.05, 4.69) is 4.72 Å². The molecule has 108 valence electrons. The van der Waals surface area contributed by atoms with Crippen LogP contribution in [0.3, 0.4) is 0 Å². The van der Waals surface area contributed by atoms with E-state index in [0.717, 1.165) is 24.1 Å². The SMILES string of the molecule is COC1(CNS(=O)(=O)c2ccc(CCN)s2)CCC1. The molecular weight excluding hydrogens is 284 g/mol. The van der Waals surface area contributed by atoms with E-state index in [1.54, 1.807) is 13.2 Å². The third-order valence-corrected chi connectivity index (χ3v) is 6.61. The summed E-state index contributed by atoms with van der Waals surface area (Å²) >= 11 is 1.28. The molecule has 1 heterocycles. The van der Waals surface area contributed by atoms with Crippen LogP contribution in [0.5, 0.6) is 0 Å². The number of sulfonamides is 1. The largest absolute Gasteiger partial charge is 0.377 e. The lowest BCUT2D eigenvalue weighted by Gasteiger charge is -2.40. The number of nitrogens with one attached hydrogen (secondary N) is 1. The molecule has 5 nitrogen and oxygen atoms in total. The number of hydrogen-bond donors (Lipinski definition) is 2. The van der Waals surface area contributed by atoms with Gasteiger partial charge in [-0.15, -0.1) is 11.3 Å². The molecular formula is C12H20N2O3S2. The number of ether oxygens (including phenoxy) is 1. The van der Waals surface area contributed by atoms with Gasteiger partial charge in [-0.25, -0.2) is 13.1 Å². The van der Waals surface area contributed by atoms with Gasteiger partial charge >= 0.3 is 0 Å². The van der Waals surface area contributed by atoms with Gasteiger partial charge in [0.05, 0.1) is 5.60 Å². The molecule has 1 aromatic heterocycles. The molecule has 0 atom stereocenters. The molecule has 0 aromatic carbocycles. The zero-order chi connectivity index (χ0) is 13.9. The molecule has 7 heteroatoms. The fourth-order valence-corrected chi connectivity index (χ4v) is 4.63. The first-order valence-corrected chi connectivity index (χ1v) is 8.65. The summed E-state index contributed by atoms with van der Waals surface area (Å²) in [7, 11) is -1.79. The Bertz CT molecular complexity index is 515. The van der Waals surface area contributed by atoms with Gasteiger partial charge in [-0.1, -0.05) is 0 Å². The first kappa shape index (κ1) is 14.9. The second-order valence-electron chi connectivity index (χ2n) is 4.82. The van der Waals surface area contributed by atoms with Crippen molar-refractivity contribution >= 4 is 21.4 Å². The molecule has 0 amide bonds. The van der Waals surface area contributed by atoms with Crippen LogP contribution in [0.25, 0.3) is 0 Å². The fraction of sp³-hybridized carbons (Fsp3) is 0.667. The first-order chi connectivity index (χ1) is 9.01. The van der Waals surface area contributed by atoms with Crippen LogP contribution in [0.4, 0.5) is 0 Å². The molecule has 1 aliphatic rings. The zero-order valence-corrected chi connectivity index (χ0v) is 12.6. The molecule has 0 aliphatic heterocycles. The van der Waals surface area contributed by atoms with E-state index >= 15 is 0 Å². The van der Waals surface area contributed by atoms with Crippen LogP contribution in [-0.4, -0.2) is 34.2 Å². The van der Waals surface area contributed by atoms with E-state index in [1.807, 2.05) is 6.07 Å². The van der Waals surface area contributed by atoms with Crippen LogP contribution in [0.1, 0.15) is 24.1 Å². The smallest absolute Gasteiger partial charge is 0.250 e. The summed E-state index contributed by atoms with van der Waals surface area (Å²) in [5.41, 5.74) is 5.16. The molecule has 0 bridgehead atoms. The van der Waals surface area contributed by atoms with E-state index in [0.29, 0.717) is 23.7 Å². The summed E-state index contributed by atoms with van der Waals surface area (Å²) in [6.45, 7) is 0.871. The Morgan fingerprint density at radius 3 is 2.74 bits per heavy atom. The topological polar surface area (TPSA) is 81.4 Å². The first-order valence-electron chi connectivity index (χ1n) is 6.35. The quantitative estimate of drug-likeness (QED) is 0.790. The summed E-state index contributed by atoms with van der Waals surface area (Å²) in [5.74, 6) is 0. The number of nitrogens with two attached hydrogens (primary N) is 1. The van der Waals surface area contributed by atoms with Gasteiger partial charge < -0.3 is 10.5 Å². The molecule has 1 aromatic rings. The lowest BCUT2D eigenvalue weighted by molar-refractivity contribution is -0.0659. The van der Waals surface area contributed by atoms with Crippen LogP contribution in [0.15, 0.2) is 16.3 Å². The van der Waals surface area contributed by atoms with E-state index in [9.17, 15) is 8.42 Å². The van der Waals surface area contributed by atoms with Gasteiger partial charge in [-0.3, -0.25) is 0 Å². The zero-order valence-electron chi connectivity index (χ0n) is 11.0. The summed E-state index contributed by atoms with van der Waals surface area (Å²) in [5, 5.41) is 0. The molecule has 0 saturated heterocycles. The standard InChI is InChI=1S/C12H20N2O3S2/c1-17-12(6-2-7-12)9-14-19(15,16)11-4-3-10(18-11)5-8-13/h3-4,14H,2,5-9,13H2,1H3. The Balaban J connectivity index is 2.01. The van der Waals surface area contributed by atoms with Gasteiger partial charge in [0.1, 0.15) is 4.21 Å². The molecule has 1 fully saturated rings. The highest BCUT2D eigenvalue weighted by atomic mass is 32.2. The predicted octanol–water partition coefficient (Wildman–Crippen LogP) is 1.10. The highest BCUT2D eigenvalue weighted by molar-refractivity contribution is 7.91. The number of thiophene rings is 1. The summed E-state index contributed by atoms with van der Waals surface area (Å²) in [6, 6.07) is 3.46. The third kappa shape index (κ3) is 3.35. The molecule has 0 unspecified atom stereocenters. The summed E-state index contributed by atoms with van der Waals surface area (Å²) in [4.78, 5) is 0.993. The molecule has 19 heavy (non-hydrogen) atoms. The van der Waals surface area contributed by atoms with Crippen molar-refractivity contribution < 1.29 is 13.2 Å². The van der Waals surface area contributed by atoms with Gasteiger partial charge in [-0.05, 0) is 44.4 Å². The van der Waals surface area contributed by atoms with Crippen molar-refractivity contribution in [2.24, 2.45) is 5.73 Å². The van der Waals surface area contributed by atoms with Crippen LogP contribution in [-0.2, 0) is 21.2 Å². The van der Waals surface area contributed by atoms with Crippen molar-refractivity contribution in [3.8, 4) is 0 Å². The highest BCUT2D eigenvalue weighted by Gasteiger charge is 2.38. The minimum Gasteiger partial charge on any atom is -0.377 e. The van der Waals surface area contributed by atoms with Crippen molar-refractivity contribution in [2.45, 2.75) is 35.5 Å². The second kappa shape index (κ2) is 5.88. The van der Waals surface area contributed by atoms with Crippen LogP contribution in [0, 0.1) is 0 Å². The van der Waals surface area contributed by atoms with Crippen LogP contribution in [0.2, 0.25) is 0 Å². The van der Waals surface area contributed by atoms with E-state index < -0.39 is 10.0 Å². The molecule has 2 rings (SSSR count). The van der Waals surface area contributed by atoms with Gasteiger partial charge in [0, 0.05) is 18.5 Å². The highest BCUT2D eigenvalue weighted by Crippen LogP contribution is 2.34. The average molecular weight is 304 g/mol. The van der Waals surface area contributed by atoms with Crippen molar-refractivity contribution in [2.75, 3.05) is 20.2 Å². The van der Waals surface area contributed by atoms with E-state index in [1.165, 1.54) is 11.3 Å². The maximum absolute atomic E-state index is 12.2. The molecule has 3 N–H and O–H groups in total. The van der Waals surface area contributed by atoms with Crippen molar-refractivity contribution in [1.29, 1.82) is 0 Å². The maximum Gasteiger partial charge on any atom is 0.250 e. The van der Waals surface area contributed by atoms with E-state index in [-0.39, 0.29) is 5.60 Å². The van der Waals surface area contributed by atoms with Gasteiger partial charge in [0.2, 0.25) is 10.0 Å². The molecule has 1 aliphatic carbocycles. The van der Waals surface area contributed by atoms with Gasteiger partial charge in [0.15, 0.2) is 0 Å². The Kier molecular flexibility index (Phi) is 4.62. The number of hydrogen-bond acceptors (Lipinski definition) is 5. The summed E-state index contributed by atoms with van der Waals surface area (Å²) in [6.07, 6.45) is 3.63. The third-order valence-electron chi connectivity index (χ3n) is 3.57. The van der Waals surface area contributed by atoms with Crippen LogP contribution >= 0.6 is 11.3 Å². The maximum atomic E-state index is 12.2. The summed E-state index contributed by atoms with van der Waals surface area (Å²) < 4.78 is 32.7. The number of rotatable bonds is 7. The van der Waals surface area contributed by atoms with E-state index in [4.69, 9.17) is 10.5 Å². The molecule has 0 spiro atoms. The van der Waals surface area contributed by atoms with Gasteiger partial charge in [-0.2, -0.15) is 0 Å². The Morgan fingerprint density at radius 2 is 2.21 bits per heavy atom. The molecule has 0 radical (unpaired) electrons. The fourth-order valence-electron chi connectivity index (χ4n) is 2.10. The average Bonchev–Trinajstić information content (AvgIpc) is 2.78. The molecule has 1 saturated carbocycles.